The Balaban J connectivity index is 0.000000292. The number of carbonyl (C=O) groups excluding carboxylic acids is 5. The summed E-state index contributed by atoms with van der Waals surface area (Å²) in [6.45, 7) is 15.6. The van der Waals surface area contributed by atoms with Crippen LogP contribution in [0.4, 0.5) is 4.79 Å². The molecule has 21 heteroatoms. The molecule has 2 fully saturated rings. The van der Waals surface area contributed by atoms with Crippen LogP contribution in [0, 0.1) is 0 Å². The van der Waals surface area contributed by atoms with Crippen LogP contribution in [-0.4, -0.2) is 130 Å². The first kappa shape index (κ1) is 52.8. The number of benzene rings is 3. The molecule has 3 aromatic rings. The van der Waals surface area contributed by atoms with Crippen molar-refractivity contribution < 1.29 is 45.5 Å². The lowest BCUT2D eigenvalue weighted by Crippen LogP contribution is -2.51. The lowest BCUT2D eigenvalue weighted by molar-refractivity contribution is -0.144. The van der Waals surface area contributed by atoms with E-state index in [0.29, 0.717) is 40.5 Å². The van der Waals surface area contributed by atoms with Crippen LogP contribution in [0.5, 0.6) is 0 Å². The van der Waals surface area contributed by atoms with Crippen molar-refractivity contribution in [2.45, 2.75) is 109 Å². The fraction of sp³-hybridized carbons (Fsp3) is 0.477. The molecular weight excluding hydrogens is 922 g/mol. The van der Waals surface area contributed by atoms with E-state index in [1.54, 1.807) is 88.0 Å². The Bertz CT molecular complexity index is 2460. The second-order valence-electron chi connectivity index (χ2n) is 16.8. The molecule has 3 aromatic carbocycles. The van der Waals surface area contributed by atoms with Gasteiger partial charge in [0.2, 0.25) is 43.7 Å². The van der Waals surface area contributed by atoms with Crippen molar-refractivity contribution in [1.82, 2.24) is 34.8 Å². The molecule has 17 nitrogen and oxygen atoms in total. The highest BCUT2D eigenvalue weighted by Gasteiger charge is 2.41. The number of sulfonamides is 2. The third-order valence-corrected chi connectivity index (χ3v) is 13.6. The molecule has 2 aliphatic rings. The van der Waals surface area contributed by atoms with Crippen molar-refractivity contribution in [3.05, 3.63) is 81.7 Å². The number of rotatable bonds is 16. The molecule has 65 heavy (non-hydrogen) atoms. The molecule has 2 heterocycles. The van der Waals surface area contributed by atoms with Crippen molar-refractivity contribution in [2.75, 3.05) is 32.7 Å². The fourth-order valence-electron chi connectivity index (χ4n) is 7.09. The average Bonchev–Trinajstić information content (AvgIpc) is 3.77. The van der Waals surface area contributed by atoms with Crippen LogP contribution in [0.2, 0.25) is 10.0 Å². The monoisotopic (exact) mass is 979 g/mol. The van der Waals surface area contributed by atoms with Gasteiger partial charge in [-0.2, -0.15) is 9.44 Å². The van der Waals surface area contributed by atoms with Gasteiger partial charge in [0.25, 0.3) is 0 Å². The summed E-state index contributed by atoms with van der Waals surface area (Å²) < 4.78 is 60.6. The molecule has 356 valence electrons. The molecular formula is C44H59Cl2N7O10S2. The number of hydrogen-bond acceptors (Lipinski definition) is 10. The van der Waals surface area contributed by atoms with E-state index in [4.69, 9.17) is 27.9 Å². The number of carbonyl (C=O) groups is 5. The largest absolute Gasteiger partial charge is 0.444 e. The number of nitrogens with one attached hydrogen (secondary N) is 4. The number of halogens is 2. The van der Waals surface area contributed by atoms with Crippen molar-refractivity contribution in [1.29, 1.82) is 0 Å². The maximum atomic E-state index is 12.9. The summed E-state index contributed by atoms with van der Waals surface area (Å²) >= 11 is 11.8. The quantitative estimate of drug-likeness (QED) is 0.143. The molecule has 0 aromatic heterocycles. The van der Waals surface area contributed by atoms with Crippen LogP contribution >= 0.6 is 23.2 Å². The van der Waals surface area contributed by atoms with Crippen LogP contribution in [0.1, 0.15) is 73.8 Å². The topological polar surface area (TPSA) is 221 Å². The number of ether oxygens (including phenoxy) is 1. The molecule has 0 radical (unpaired) electrons. The predicted octanol–water partition coefficient (Wildman–Crippen LogP) is 4.88. The van der Waals surface area contributed by atoms with Crippen LogP contribution in [0.15, 0.2) is 71.0 Å². The number of alkyl carbamates (subject to hydrolysis) is 1. The molecule has 2 aliphatic heterocycles. The first-order chi connectivity index (χ1) is 30.3. The average molecular weight is 981 g/mol. The SMILES string of the molecule is CCN(C(=O)[C@H](C)N1CC[C@H](NS(=O)(=O)/C=C/c2ccc(Cl)cc2)C1=O)C(C)C.C[C@@H](C(=O)NCCNC(=O)OC(C)(C)C)N1CC[C@H](NS(=O)(=O)c2ccc3cc(Cl)ccc3c2)C1=O. The summed E-state index contributed by atoms with van der Waals surface area (Å²) in [6, 6.07) is 13.2. The second-order valence-corrected chi connectivity index (χ2v) is 21.0. The van der Waals surface area contributed by atoms with E-state index in [2.05, 4.69) is 20.1 Å². The number of likely N-dealkylation sites (N-methyl/N-ethyl adjacent to an activating group) is 1. The van der Waals surface area contributed by atoms with Gasteiger partial charge in [-0.15, -0.1) is 0 Å². The number of likely N-dealkylation sites (tertiary alicyclic amines) is 2. The van der Waals surface area contributed by atoms with Crippen LogP contribution in [-0.2, 0) is 44.0 Å². The summed E-state index contributed by atoms with van der Waals surface area (Å²) in [5.74, 6) is -1.40. The van der Waals surface area contributed by atoms with Gasteiger partial charge in [0, 0.05) is 54.2 Å². The zero-order chi connectivity index (χ0) is 48.4. The summed E-state index contributed by atoms with van der Waals surface area (Å²) in [6.07, 6.45) is 1.39. The highest BCUT2D eigenvalue weighted by molar-refractivity contribution is 7.92. The molecule has 0 saturated carbocycles. The Morgan fingerprint density at radius 3 is 1.91 bits per heavy atom. The van der Waals surface area contributed by atoms with Crippen molar-refractivity contribution in [2.24, 2.45) is 0 Å². The number of fused-ring (bicyclic) bond motifs is 1. The molecule has 0 unspecified atom stereocenters. The molecule has 5 rings (SSSR count). The Hall–Kier alpha value is -4.79. The van der Waals surface area contributed by atoms with Crippen molar-refractivity contribution in [3.63, 3.8) is 0 Å². The predicted molar refractivity (Wildman–Crippen MR) is 251 cm³/mol. The minimum absolute atomic E-state index is 0.0277. The van der Waals surface area contributed by atoms with Gasteiger partial charge in [0.05, 0.1) is 4.90 Å². The number of nitrogens with zero attached hydrogens (tertiary/aromatic N) is 3. The van der Waals surface area contributed by atoms with E-state index in [1.807, 2.05) is 20.8 Å². The van der Waals surface area contributed by atoms with Gasteiger partial charge < -0.3 is 30.1 Å². The van der Waals surface area contributed by atoms with E-state index in [9.17, 15) is 40.8 Å². The van der Waals surface area contributed by atoms with Crippen molar-refractivity contribution >= 4 is 89.8 Å². The van der Waals surface area contributed by atoms with Gasteiger partial charge in [-0.3, -0.25) is 19.2 Å². The van der Waals surface area contributed by atoms with Gasteiger partial charge in [0.1, 0.15) is 29.8 Å². The van der Waals surface area contributed by atoms with Gasteiger partial charge in [-0.25, -0.2) is 21.6 Å². The molecule has 4 atom stereocenters. The van der Waals surface area contributed by atoms with Crippen LogP contribution in [0.3, 0.4) is 0 Å². The lowest BCUT2D eigenvalue weighted by atomic mass is 10.1. The zero-order valence-electron chi connectivity index (χ0n) is 37.8. The Morgan fingerprint density at radius 2 is 1.32 bits per heavy atom. The zero-order valence-corrected chi connectivity index (χ0v) is 40.9. The summed E-state index contributed by atoms with van der Waals surface area (Å²) in [7, 11) is -7.79. The Kier molecular flexibility index (Phi) is 18.4. The minimum atomic E-state index is -3.97. The maximum absolute atomic E-state index is 12.9. The second kappa shape index (κ2) is 22.6. The van der Waals surface area contributed by atoms with Gasteiger partial charge in [-0.05, 0) is 127 Å². The fourth-order valence-corrected chi connectivity index (χ4v) is 9.69. The van der Waals surface area contributed by atoms with E-state index in [1.165, 1.54) is 28.0 Å². The van der Waals surface area contributed by atoms with Gasteiger partial charge in [0.15, 0.2) is 0 Å². The Labute approximate surface area is 391 Å². The molecule has 5 amide bonds. The maximum Gasteiger partial charge on any atom is 0.407 e. The van der Waals surface area contributed by atoms with E-state index >= 15 is 0 Å². The normalized spacial score (nSPS) is 17.8. The molecule has 0 aliphatic carbocycles. The molecule has 2 saturated heterocycles. The highest BCUT2D eigenvalue weighted by atomic mass is 35.5. The molecule has 4 N–H and O–H groups in total. The molecule has 0 bridgehead atoms. The van der Waals surface area contributed by atoms with E-state index < -0.39 is 67.7 Å². The Morgan fingerprint density at radius 1 is 0.785 bits per heavy atom. The summed E-state index contributed by atoms with van der Waals surface area (Å²) in [5, 5.41) is 8.82. The van der Waals surface area contributed by atoms with Crippen LogP contribution < -0.4 is 20.1 Å². The van der Waals surface area contributed by atoms with Gasteiger partial charge >= 0.3 is 6.09 Å². The summed E-state index contributed by atoms with van der Waals surface area (Å²) in [4.78, 5) is 67.0. The number of hydrogen-bond donors (Lipinski definition) is 4. The standard InChI is InChI=1S/C24H31ClN4O6S.C20H28ClN3O4S/c1-15(21(30)26-10-11-27-23(32)35-24(2,3)4)29-12-9-20(22(29)31)28-36(33,34)19-8-6-16-13-18(25)7-5-17(16)14-19;1-5-23(14(2)3)19(25)15(4)24-12-10-18(20(24)26)22-29(27,28)13-11-16-6-8-17(21)9-7-16/h5-8,13-15,20,28H,9-12H2,1-4H3,(H,26,30)(H,27,32);6-9,11,13-15,18,22H,5,10,12H2,1-4H3/b;13-11+/t15-,20-;15-,18-/m00/s1. The number of amides is 5. The first-order valence-electron chi connectivity index (χ1n) is 21.2. The third-order valence-electron chi connectivity index (χ3n) is 10.5. The van der Waals surface area contributed by atoms with Gasteiger partial charge in [-0.1, -0.05) is 47.5 Å². The van der Waals surface area contributed by atoms with E-state index in [0.717, 1.165) is 10.8 Å². The third kappa shape index (κ3) is 15.1. The minimum Gasteiger partial charge on any atom is -0.444 e. The summed E-state index contributed by atoms with van der Waals surface area (Å²) in [5.41, 5.74) is 0.0465. The highest BCUT2D eigenvalue weighted by Crippen LogP contribution is 2.24. The smallest absolute Gasteiger partial charge is 0.407 e. The van der Waals surface area contributed by atoms with Crippen molar-refractivity contribution in [3.8, 4) is 0 Å². The first-order valence-corrected chi connectivity index (χ1v) is 24.9. The van der Waals surface area contributed by atoms with E-state index in [-0.39, 0.29) is 48.8 Å². The lowest BCUT2D eigenvalue weighted by Gasteiger charge is -2.32. The van der Waals surface area contributed by atoms with Crippen LogP contribution in [0.25, 0.3) is 16.8 Å². The molecule has 0 spiro atoms.